The van der Waals surface area contributed by atoms with Gasteiger partial charge in [-0.3, -0.25) is 14.9 Å². The lowest BCUT2D eigenvalue weighted by Crippen LogP contribution is -2.44. The van der Waals surface area contributed by atoms with Crippen molar-refractivity contribution in [3.8, 4) is 6.07 Å². The zero-order chi connectivity index (χ0) is 27.5. The fourth-order valence-corrected chi connectivity index (χ4v) is 5.42. The molecule has 2 aromatic carbocycles. The van der Waals surface area contributed by atoms with Crippen LogP contribution in [0.2, 0.25) is 10.0 Å². The third-order valence-electron chi connectivity index (χ3n) is 6.45. The first kappa shape index (κ1) is 28.9. The SMILES string of the molecule is CC(C)(C)C[C@@H]1N[C@@H](C(=O)OC[C@@H](O)CC(N)=O)[C@H](c2cccc(Cl)c2)[C@@]1(C#N)c1ccc(Cl)cc1F. The van der Waals surface area contributed by atoms with E-state index in [-0.39, 0.29) is 22.4 Å². The number of esters is 1. The van der Waals surface area contributed by atoms with Crippen molar-refractivity contribution in [1.29, 1.82) is 5.26 Å². The maximum absolute atomic E-state index is 15.5. The number of aliphatic hydroxyl groups excluding tert-OH is 1. The highest BCUT2D eigenvalue weighted by atomic mass is 35.5. The smallest absolute Gasteiger partial charge is 0.323 e. The van der Waals surface area contributed by atoms with Gasteiger partial charge in [0.15, 0.2) is 0 Å². The monoisotopic (exact) mass is 549 g/mol. The van der Waals surface area contributed by atoms with Gasteiger partial charge in [0.2, 0.25) is 5.91 Å². The third kappa shape index (κ3) is 6.42. The third-order valence-corrected chi connectivity index (χ3v) is 6.92. The summed E-state index contributed by atoms with van der Waals surface area (Å²) in [5.41, 5.74) is 3.87. The molecule has 7 nitrogen and oxygen atoms in total. The van der Waals surface area contributed by atoms with E-state index in [9.17, 15) is 20.0 Å². The second kappa shape index (κ2) is 11.4. The molecule has 0 bridgehead atoms. The molecular weight excluding hydrogens is 520 g/mol. The van der Waals surface area contributed by atoms with Crippen LogP contribution in [0.25, 0.3) is 0 Å². The zero-order valence-electron chi connectivity index (χ0n) is 20.8. The van der Waals surface area contributed by atoms with E-state index < -0.39 is 53.8 Å². The number of ether oxygens (including phenoxy) is 1. The minimum atomic E-state index is -1.55. The van der Waals surface area contributed by atoms with Crippen LogP contribution in [0.5, 0.6) is 0 Å². The molecule has 37 heavy (non-hydrogen) atoms. The number of hydrogen-bond donors (Lipinski definition) is 3. The lowest BCUT2D eigenvalue weighted by atomic mass is 9.63. The van der Waals surface area contributed by atoms with Gasteiger partial charge in [-0.25, -0.2) is 4.39 Å². The number of nitrogens with two attached hydrogens (primary N) is 1. The van der Waals surface area contributed by atoms with E-state index in [1.54, 1.807) is 24.3 Å². The summed E-state index contributed by atoms with van der Waals surface area (Å²) < 4.78 is 20.9. The predicted octanol–water partition coefficient (Wildman–Crippen LogP) is 4.23. The molecule has 0 spiro atoms. The molecule has 2 aromatic rings. The molecular formula is C27H30Cl2FN3O4. The predicted molar refractivity (Wildman–Crippen MR) is 138 cm³/mol. The number of benzene rings is 2. The first-order chi connectivity index (χ1) is 17.3. The summed E-state index contributed by atoms with van der Waals surface area (Å²) in [7, 11) is 0. The number of nitrogens with zero attached hydrogens (tertiary/aromatic N) is 1. The molecule has 198 valence electrons. The van der Waals surface area contributed by atoms with Crippen LogP contribution in [0.1, 0.15) is 50.7 Å². The van der Waals surface area contributed by atoms with Gasteiger partial charge in [-0.2, -0.15) is 5.26 Å². The highest BCUT2D eigenvalue weighted by Gasteiger charge is 2.61. The second-order valence-corrected chi connectivity index (χ2v) is 11.4. The minimum Gasteiger partial charge on any atom is -0.462 e. The van der Waals surface area contributed by atoms with Crippen LogP contribution in [0.4, 0.5) is 4.39 Å². The number of nitrogens with one attached hydrogen (secondary N) is 1. The van der Waals surface area contributed by atoms with Gasteiger partial charge in [-0.1, -0.05) is 62.2 Å². The van der Waals surface area contributed by atoms with Crippen molar-refractivity contribution in [2.45, 2.75) is 63.1 Å². The summed E-state index contributed by atoms with van der Waals surface area (Å²) in [6.07, 6.45) is -1.26. The van der Waals surface area contributed by atoms with Crippen LogP contribution < -0.4 is 11.1 Å². The molecule has 0 aromatic heterocycles. The molecule has 0 aliphatic carbocycles. The van der Waals surface area contributed by atoms with E-state index >= 15 is 4.39 Å². The maximum Gasteiger partial charge on any atom is 0.323 e. The Kier molecular flexibility index (Phi) is 8.86. The van der Waals surface area contributed by atoms with Gasteiger partial charge >= 0.3 is 5.97 Å². The number of carbonyl (C=O) groups excluding carboxylic acids is 2. The molecule has 1 heterocycles. The van der Waals surface area contributed by atoms with Gasteiger partial charge in [0.25, 0.3) is 0 Å². The summed E-state index contributed by atoms with van der Waals surface area (Å²) in [5, 5.41) is 24.6. The number of carbonyl (C=O) groups is 2. The summed E-state index contributed by atoms with van der Waals surface area (Å²) in [6, 6.07) is 11.4. The van der Waals surface area contributed by atoms with Gasteiger partial charge < -0.3 is 15.6 Å². The first-order valence-corrected chi connectivity index (χ1v) is 12.6. The van der Waals surface area contributed by atoms with Crippen LogP contribution >= 0.6 is 23.2 Å². The van der Waals surface area contributed by atoms with Gasteiger partial charge in [0, 0.05) is 27.6 Å². The van der Waals surface area contributed by atoms with Gasteiger partial charge in [-0.15, -0.1) is 0 Å². The van der Waals surface area contributed by atoms with Crippen molar-refractivity contribution in [1.82, 2.24) is 5.32 Å². The molecule has 5 atom stereocenters. The molecule has 1 aliphatic rings. The number of amides is 1. The Bertz CT molecular complexity index is 1210. The quantitative estimate of drug-likeness (QED) is 0.423. The van der Waals surface area contributed by atoms with Crippen molar-refractivity contribution in [2.24, 2.45) is 11.1 Å². The fraction of sp³-hybridized carbons (Fsp3) is 0.444. The summed E-state index contributed by atoms with van der Waals surface area (Å²) in [5.74, 6) is -3.10. The maximum atomic E-state index is 15.5. The molecule has 0 unspecified atom stereocenters. The van der Waals surface area contributed by atoms with E-state index in [4.69, 9.17) is 33.7 Å². The zero-order valence-corrected chi connectivity index (χ0v) is 22.3. The molecule has 3 rings (SSSR count). The Balaban J connectivity index is 2.18. The lowest BCUT2D eigenvalue weighted by Gasteiger charge is -2.37. The average molecular weight is 550 g/mol. The van der Waals surface area contributed by atoms with Crippen LogP contribution in [0.15, 0.2) is 42.5 Å². The second-order valence-electron chi connectivity index (χ2n) is 10.6. The van der Waals surface area contributed by atoms with E-state index in [0.29, 0.717) is 17.0 Å². The standard InChI is InChI=1S/C27H30Cl2FN3O4/c1-26(2,3)12-21-27(14-31,19-8-7-17(29)10-20(19)30)23(15-5-4-6-16(28)9-15)24(33-21)25(36)37-13-18(34)11-22(32)35/h4-10,18,21,23-24,33-34H,11-13H2,1-3H3,(H2,32,35)/t18-,21-,23-,24+,27-/m0/s1. The van der Waals surface area contributed by atoms with Crippen LogP contribution in [-0.2, 0) is 19.7 Å². The molecule has 10 heteroatoms. The fourth-order valence-electron chi connectivity index (χ4n) is 5.06. The molecule has 1 amide bonds. The lowest BCUT2D eigenvalue weighted by molar-refractivity contribution is -0.150. The van der Waals surface area contributed by atoms with Crippen molar-refractivity contribution >= 4 is 35.1 Å². The molecule has 1 aliphatic heterocycles. The van der Waals surface area contributed by atoms with Gasteiger partial charge in [-0.05, 0) is 41.7 Å². The van der Waals surface area contributed by atoms with Crippen molar-refractivity contribution < 1.29 is 23.8 Å². The topological polar surface area (TPSA) is 125 Å². The summed E-state index contributed by atoms with van der Waals surface area (Å²) >= 11 is 12.3. The van der Waals surface area contributed by atoms with E-state index in [1.807, 2.05) is 20.8 Å². The Morgan fingerprint density at radius 2 is 1.92 bits per heavy atom. The number of aliphatic hydroxyl groups is 1. The average Bonchev–Trinajstić information content (AvgIpc) is 3.10. The number of nitriles is 1. The number of primary amides is 1. The van der Waals surface area contributed by atoms with Gasteiger partial charge in [0.1, 0.15) is 23.9 Å². The summed E-state index contributed by atoms with van der Waals surface area (Å²) in [6.45, 7) is 5.47. The van der Waals surface area contributed by atoms with Crippen molar-refractivity contribution in [3.05, 3.63) is 69.5 Å². The Morgan fingerprint density at radius 3 is 2.49 bits per heavy atom. The molecule has 1 saturated heterocycles. The van der Waals surface area contributed by atoms with E-state index in [1.165, 1.54) is 12.1 Å². The Labute approximate surface area is 225 Å². The van der Waals surface area contributed by atoms with Crippen molar-refractivity contribution in [3.63, 3.8) is 0 Å². The normalized spacial score (nSPS) is 24.3. The number of rotatable bonds is 8. The van der Waals surface area contributed by atoms with Crippen LogP contribution in [0, 0.1) is 22.6 Å². The number of halogens is 3. The Hall–Kier alpha value is -2.70. The largest absolute Gasteiger partial charge is 0.462 e. The summed E-state index contributed by atoms with van der Waals surface area (Å²) in [4.78, 5) is 24.5. The van der Waals surface area contributed by atoms with E-state index in [2.05, 4.69) is 11.4 Å². The van der Waals surface area contributed by atoms with Crippen LogP contribution in [-0.4, -0.2) is 41.8 Å². The first-order valence-electron chi connectivity index (χ1n) is 11.8. The Morgan fingerprint density at radius 1 is 1.24 bits per heavy atom. The molecule has 1 fully saturated rings. The molecule has 0 saturated carbocycles. The highest BCUT2D eigenvalue weighted by molar-refractivity contribution is 6.30. The van der Waals surface area contributed by atoms with Crippen LogP contribution in [0.3, 0.4) is 0 Å². The van der Waals surface area contributed by atoms with E-state index in [0.717, 1.165) is 6.07 Å². The molecule has 4 N–H and O–H groups in total. The minimum absolute atomic E-state index is 0.0928. The van der Waals surface area contributed by atoms with Crippen molar-refractivity contribution in [2.75, 3.05) is 6.61 Å². The number of hydrogen-bond acceptors (Lipinski definition) is 6. The highest BCUT2D eigenvalue weighted by Crippen LogP contribution is 2.52. The van der Waals surface area contributed by atoms with Gasteiger partial charge in [0.05, 0.1) is 18.6 Å². The molecule has 0 radical (unpaired) electrons.